The van der Waals surface area contributed by atoms with E-state index < -0.39 is 0 Å². The van der Waals surface area contributed by atoms with Crippen molar-refractivity contribution in [1.29, 1.82) is 0 Å². The predicted octanol–water partition coefficient (Wildman–Crippen LogP) is 6.01. The second-order valence-corrected chi connectivity index (χ2v) is 9.84. The fourth-order valence-corrected chi connectivity index (χ4v) is 4.94. The van der Waals surface area contributed by atoms with E-state index in [0.717, 1.165) is 25.7 Å². The first-order chi connectivity index (χ1) is 19.0. The highest BCUT2D eigenvalue weighted by Gasteiger charge is 2.22. The van der Waals surface area contributed by atoms with Gasteiger partial charge in [0.25, 0.3) is 11.5 Å². The summed E-state index contributed by atoms with van der Waals surface area (Å²) in [5.74, 6) is 1.26. The zero-order valence-corrected chi connectivity index (χ0v) is 22.4. The second-order valence-electron chi connectivity index (χ2n) is 9.41. The Morgan fingerprint density at radius 3 is 2.62 bits per heavy atom. The minimum atomic E-state index is -0.347. The number of nitrogens with zero attached hydrogens (tertiary/aromatic N) is 3. The highest BCUT2D eigenvalue weighted by molar-refractivity contribution is 6.30. The Hall–Kier alpha value is -4.17. The van der Waals surface area contributed by atoms with Gasteiger partial charge in [0, 0.05) is 22.2 Å². The maximum Gasteiger partial charge on any atom is 0.282 e. The van der Waals surface area contributed by atoms with Crippen LogP contribution in [-0.2, 0) is 4.79 Å². The first kappa shape index (κ1) is 26.4. The lowest BCUT2D eigenvalue weighted by atomic mass is 9.88. The van der Waals surface area contributed by atoms with E-state index in [1.807, 2.05) is 18.2 Å². The van der Waals surface area contributed by atoms with Gasteiger partial charge in [0.1, 0.15) is 5.82 Å². The van der Waals surface area contributed by atoms with Gasteiger partial charge < -0.3 is 14.8 Å². The van der Waals surface area contributed by atoms with Gasteiger partial charge in [0.15, 0.2) is 18.1 Å². The molecule has 0 radical (unpaired) electrons. The largest absolute Gasteiger partial charge is 0.493 e. The van der Waals surface area contributed by atoms with Crippen molar-refractivity contribution in [3.8, 4) is 11.5 Å². The van der Waals surface area contributed by atoms with Gasteiger partial charge in [-0.15, -0.1) is 0 Å². The minimum absolute atomic E-state index is 0.158. The van der Waals surface area contributed by atoms with Crippen molar-refractivity contribution < 1.29 is 14.3 Å². The molecule has 0 atom stereocenters. The summed E-state index contributed by atoms with van der Waals surface area (Å²) in [4.78, 5) is 30.9. The van der Waals surface area contributed by atoms with Crippen molar-refractivity contribution in [2.45, 2.75) is 38.0 Å². The van der Waals surface area contributed by atoms with Crippen LogP contribution in [0.4, 0.5) is 5.69 Å². The van der Waals surface area contributed by atoms with Crippen LogP contribution in [0.2, 0.25) is 5.02 Å². The number of anilines is 1. The molecule has 5 rings (SSSR count). The van der Waals surface area contributed by atoms with Crippen LogP contribution < -0.4 is 20.3 Å². The number of halogens is 1. The van der Waals surface area contributed by atoms with Crippen LogP contribution in [0.1, 0.15) is 49.4 Å². The summed E-state index contributed by atoms with van der Waals surface area (Å²) in [5.41, 5.74) is 1.62. The molecule has 9 heteroatoms. The van der Waals surface area contributed by atoms with E-state index in [9.17, 15) is 9.59 Å². The van der Waals surface area contributed by atoms with Gasteiger partial charge in [0.05, 0.1) is 24.2 Å². The van der Waals surface area contributed by atoms with E-state index in [-0.39, 0.29) is 24.0 Å². The molecule has 3 aromatic carbocycles. The lowest BCUT2D eigenvalue weighted by molar-refractivity contribution is -0.118. The maximum absolute atomic E-state index is 13.5. The highest BCUT2D eigenvalue weighted by Crippen LogP contribution is 2.33. The number of carbonyl (C=O) groups is 1. The Labute approximate surface area is 231 Å². The van der Waals surface area contributed by atoms with E-state index in [1.54, 1.807) is 54.7 Å². The molecule has 0 bridgehead atoms. The number of ether oxygens (including phenoxy) is 2. The number of carbonyl (C=O) groups excluding carboxylic acids is 1. The number of aromatic nitrogens is 2. The van der Waals surface area contributed by atoms with E-state index in [2.05, 4.69) is 10.4 Å². The Kier molecular flexibility index (Phi) is 8.22. The Bertz CT molecular complexity index is 1560. The third-order valence-corrected chi connectivity index (χ3v) is 7.02. The molecule has 200 valence electrons. The molecule has 1 aliphatic rings. The molecule has 1 amide bonds. The summed E-state index contributed by atoms with van der Waals surface area (Å²) < 4.78 is 12.8. The van der Waals surface area contributed by atoms with Crippen molar-refractivity contribution in [2.24, 2.45) is 5.10 Å². The number of rotatable bonds is 8. The summed E-state index contributed by atoms with van der Waals surface area (Å²) in [6, 6.07) is 19.5. The van der Waals surface area contributed by atoms with E-state index in [1.165, 1.54) is 18.2 Å². The number of methoxy groups -OCH3 is 1. The summed E-state index contributed by atoms with van der Waals surface area (Å²) in [7, 11) is 1.52. The molecule has 1 aromatic heterocycles. The Balaban J connectivity index is 1.45. The molecule has 1 fully saturated rings. The van der Waals surface area contributed by atoms with Crippen molar-refractivity contribution in [2.75, 3.05) is 19.0 Å². The van der Waals surface area contributed by atoms with Crippen LogP contribution >= 0.6 is 11.6 Å². The van der Waals surface area contributed by atoms with E-state index in [0.29, 0.717) is 44.5 Å². The monoisotopic (exact) mass is 544 g/mol. The standard InChI is InChI=1S/C30H29ClN4O4/c1-38-26-13-7-10-21(28(26)39-19-27(36)33-23-16-14-22(31)15-17-23)18-32-35-29(20-8-3-2-4-9-20)34-25-12-6-5-11-24(25)30(35)37/h5-7,10-18,20H,2-4,8-9,19H2,1H3,(H,33,36). The fraction of sp³-hybridized carbons (Fsp3) is 0.267. The summed E-state index contributed by atoms with van der Waals surface area (Å²) >= 11 is 5.92. The van der Waals surface area contributed by atoms with Gasteiger partial charge in [-0.1, -0.05) is 49.1 Å². The molecule has 4 aromatic rings. The van der Waals surface area contributed by atoms with Gasteiger partial charge in [-0.2, -0.15) is 9.78 Å². The number of hydrogen-bond acceptors (Lipinski definition) is 6. The second kappa shape index (κ2) is 12.1. The molecule has 1 aliphatic carbocycles. The van der Waals surface area contributed by atoms with Gasteiger partial charge in [-0.25, -0.2) is 4.98 Å². The number of benzene rings is 3. The van der Waals surface area contributed by atoms with Gasteiger partial charge in [0.2, 0.25) is 0 Å². The average Bonchev–Trinajstić information content (AvgIpc) is 2.97. The lowest BCUT2D eigenvalue weighted by Gasteiger charge is -2.22. The minimum Gasteiger partial charge on any atom is -0.493 e. The third-order valence-electron chi connectivity index (χ3n) is 6.77. The maximum atomic E-state index is 13.5. The Morgan fingerprint density at radius 2 is 1.85 bits per heavy atom. The number of nitrogens with one attached hydrogen (secondary N) is 1. The molecule has 8 nitrogen and oxygen atoms in total. The summed E-state index contributed by atoms with van der Waals surface area (Å²) in [6.07, 6.45) is 6.88. The van der Waals surface area contributed by atoms with Crippen molar-refractivity contribution >= 4 is 40.3 Å². The molecule has 1 heterocycles. The van der Waals surface area contributed by atoms with Crippen LogP contribution in [-0.4, -0.2) is 35.5 Å². The quantitative estimate of drug-likeness (QED) is 0.274. The summed E-state index contributed by atoms with van der Waals surface area (Å²) in [5, 5.41) is 8.47. The van der Waals surface area contributed by atoms with Crippen molar-refractivity contribution in [3.63, 3.8) is 0 Å². The van der Waals surface area contributed by atoms with Crippen LogP contribution in [0.15, 0.2) is 76.6 Å². The normalized spacial score (nSPS) is 14.0. The molecule has 1 N–H and O–H groups in total. The predicted molar refractivity (Wildman–Crippen MR) is 153 cm³/mol. The number of para-hydroxylation sites is 2. The van der Waals surface area contributed by atoms with Gasteiger partial charge >= 0.3 is 0 Å². The molecule has 0 unspecified atom stereocenters. The molecular formula is C30H29ClN4O4. The smallest absolute Gasteiger partial charge is 0.282 e. The van der Waals surface area contributed by atoms with Crippen molar-refractivity contribution in [3.05, 3.63) is 93.5 Å². The molecule has 0 saturated heterocycles. The zero-order valence-electron chi connectivity index (χ0n) is 21.6. The molecule has 0 aliphatic heterocycles. The zero-order chi connectivity index (χ0) is 27.2. The van der Waals surface area contributed by atoms with Crippen LogP contribution in [0.3, 0.4) is 0 Å². The first-order valence-corrected chi connectivity index (χ1v) is 13.3. The van der Waals surface area contributed by atoms with Crippen LogP contribution in [0, 0.1) is 0 Å². The number of hydrogen-bond donors (Lipinski definition) is 1. The van der Waals surface area contributed by atoms with Crippen molar-refractivity contribution in [1.82, 2.24) is 9.66 Å². The number of amides is 1. The van der Waals surface area contributed by atoms with E-state index in [4.69, 9.17) is 26.1 Å². The lowest BCUT2D eigenvalue weighted by Crippen LogP contribution is -2.25. The van der Waals surface area contributed by atoms with Crippen LogP contribution in [0.25, 0.3) is 10.9 Å². The van der Waals surface area contributed by atoms with Gasteiger partial charge in [-0.3, -0.25) is 9.59 Å². The SMILES string of the molecule is COc1cccc(C=Nn2c(C3CCCCC3)nc3ccccc3c2=O)c1OCC(=O)Nc1ccc(Cl)cc1. The highest BCUT2D eigenvalue weighted by atomic mass is 35.5. The molecule has 39 heavy (non-hydrogen) atoms. The first-order valence-electron chi connectivity index (χ1n) is 12.9. The molecule has 1 saturated carbocycles. The third kappa shape index (κ3) is 6.12. The Morgan fingerprint density at radius 1 is 1.08 bits per heavy atom. The van der Waals surface area contributed by atoms with Gasteiger partial charge in [-0.05, 0) is 61.4 Å². The topological polar surface area (TPSA) is 94.8 Å². The van der Waals surface area contributed by atoms with Crippen LogP contribution in [0.5, 0.6) is 11.5 Å². The summed E-state index contributed by atoms with van der Waals surface area (Å²) in [6.45, 7) is -0.255. The molecule has 0 spiro atoms. The van der Waals surface area contributed by atoms with E-state index >= 15 is 0 Å². The number of fused-ring (bicyclic) bond motifs is 1. The average molecular weight is 545 g/mol. The molecular weight excluding hydrogens is 516 g/mol. The fourth-order valence-electron chi connectivity index (χ4n) is 4.82.